The summed E-state index contributed by atoms with van der Waals surface area (Å²) < 4.78 is 43.6. The average molecular weight is 260 g/mol. The van der Waals surface area contributed by atoms with E-state index in [4.69, 9.17) is 9.84 Å². The van der Waals surface area contributed by atoms with Crippen molar-refractivity contribution in [2.75, 3.05) is 7.11 Å². The number of benzene rings is 1. The molecular formula is C12H11F3O3. The van der Waals surface area contributed by atoms with Crippen LogP contribution in [0, 0.1) is 0 Å². The van der Waals surface area contributed by atoms with E-state index in [1.54, 1.807) is 0 Å². The van der Waals surface area contributed by atoms with Gasteiger partial charge < -0.3 is 9.84 Å². The lowest BCUT2D eigenvalue weighted by Gasteiger charge is -2.18. The Morgan fingerprint density at radius 2 is 2.00 bits per heavy atom. The fraction of sp³-hybridized carbons (Fsp3) is 0.417. The van der Waals surface area contributed by atoms with Crippen LogP contribution in [-0.2, 0) is 16.4 Å². The first kappa shape index (κ1) is 12.7. The minimum Gasteiger partial charge on any atom is -0.497 e. The fourth-order valence-electron chi connectivity index (χ4n) is 2.03. The maximum Gasteiger partial charge on any atom is 0.416 e. The number of carboxylic acids is 1. The van der Waals surface area contributed by atoms with Gasteiger partial charge in [-0.25, -0.2) is 0 Å². The van der Waals surface area contributed by atoms with Gasteiger partial charge in [0.2, 0.25) is 0 Å². The number of hydrogen-bond donors (Lipinski definition) is 1. The van der Waals surface area contributed by atoms with Gasteiger partial charge >= 0.3 is 12.1 Å². The van der Waals surface area contributed by atoms with E-state index >= 15 is 0 Å². The third-order valence-corrected chi connectivity index (χ3v) is 3.21. The number of rotatable bonds is 3. The van der Waals surface area contributed by atoms with Crippen molar-refractivity contribution in [3.05, 3.63) is 29.3 Å². The number of aliphatic carboxylic acids is 1. The molecule has 1 aromatic rings. The summed E-state index contributed by atoms with van der Waals surface area (Å²) in [6.45, 7) is 0. The van der Waals surface area contributed by atoms with Crippen LogP contribution < -0.4 is 4.74 Å². The number of carboxylic acid groups (broad SMARTS) is 1. The highest BCUT2D eigenvalue weighted by atomic mass is 19.4. The van der Waals surface area contributed by atoms with Crippen molar-refractivity contribution in [3.63, 3.8) is 0 Å². The summed E-state index contributed by atoms with van der Waals surface area (Å²) in [4.78, 5) is 11.1. The van der Waals surface area contributed by atoms with Crippen LogP contribution in [0.15, 0.2) is 18.2 Å². The van der Waals surface area contributed by atoms with Crippen LogP contribution in [0.25, 0.3) is 0 Å². The molecule has 1 N–H and O–H groups in total. The SMILES string of the molecule is COc1ccc(C2(C(=O)O)CC2)c(C(F)(F)F)c1. The lowest BCUT2D eigenvalue weighted by molar-refractivity contribution is -0.142. The highest BCUT2D eigenvalue weighted by Gasteiger charge is 2.55. The minimum absolute atomic E-state index is 0.0623. The summed E-state index contributed by atoms with van der Waals surface area (Å²) >= 11 is 0. The van der Waals surface area contributed by atoms with Gasteiger partial charge in [-0.15, -0.1) is 0 Å². The van der Waals surface area contributed by atoms with Gasteiger partial charge in [-0.2, -0.15) is 13.2 Å². The normalized spacial score (nSPS) is 17.3. The Morgan fingerprint density at radius 3 is 2.39 bits per heavy atom. The molecule has 0 bridgehead atoms. The van der Waals surface area contributed by atoms with Gasteiger partial charge in [0, 0.05) is 0 Å². The molecule has 1 saturated carbocycles. The van der Waals surface area contributed by atoms with Gasteiger partial charge in [-0.1, -0.05) is 6.07 Å². The summed E-state index contributed by atoms with van der Waals surface area (Å²) in [5.74, 6) is -1.15. The lowest BCUT2D eigenvalue weighted by atomic mass is 9.91. The van der Waals surface area contributed by atoms with Gasteiger partial charge in [0.1, 0.15) is 5.75 Å². The first-order chi connectivity index (χ1) is 8.31. The summed E-state index contributed by atoms with van der Waals surface area (Å²) in [7, 11) is 1.26. The monoisotopic (exact) mass is 260 g/mol. The number of carbonyl (C=O) groups is 1. The standard InChI is InChI=1S/C12H11F3O3/c1-18-7-2-3-8(9(6-7)12(13,14)15)11(4-5-11)10(16)17/h2-3,6H,4-5H2,1H3,(H,16,17). The van der Waals surface area contributed by atoms with Gasteiger partial charge in [0.25, 0.3) is 0 Å². The Hall–Kier alpha value is -1.72. The molecule has 1 fully saturated rings. The Kier molecular flexibility index (Phi) is 2.76. The van der Waals surface area contributed by atoms with Crippen LogP contribution in [0.3, 0.4) is 0 Å². The zero-order valence-electron chi connectivity index (χ0n) is 9.54. The molecule has 0 heterocycles. The van der Waals surface area contributed by atoms with E-state index in [0.717, 1.165) is 6.07 Å². The van der Waals surface area contributed by atoms with Crippen LogP contribution in [0.5, 0.6) is 5.75 Å². The molecular weight excluding hydrogens is 249 g/mol. The van der Waals surface area contributed by atoms with E-state index < -0.39 is 23.1 Å². The Balaban J connectivity index is 2.58. The minimum atomic E-state index is -4.59. The van der Waals surface area contributed by atoms with Crippen molar-refractivity contribution in [2.45, 2.75) is 24.4 Å². The van der Waals surface area contributed by atoms with Gasteiger partial charge in [-0.3, -0.25) is 4.79 Å². The second-order valence-electron chi connectivity index (χ2n) is 4.30. The molecule has 0 saturated heterocycles. The molecule has 0 radical (unpaired) electrons. The number of ether oxygens (including phenoxy) is 1. The highest BCUT2D eigenvalue weighted by molar-refractivity contribution is 5.85. The fourth-order valence-corrected chi connectivity index (χ4v) is 2.03. The maximum atomic E-state index is 12.9. The first-order valence-electron chi connectivity index (χ1n) is 5.30. The van der Waals surface area contributed by atoms with Crippen molar-refractivity contribution in [1.82, 2.24) is 0 Å². The number of alkyl halides is 3. The zero-order valence-corrected chi connectivity index (χ0v) is 9.54. The van der Waals surface area contributed by atoms with Crippen LogP contribution in [0.2, 0.25) is 0 Å². The van der Waals surface area contributed by atoms with Gasteiger partial charge in [0.15, 0.2) is 0 Å². The molecule has 1 aliphatic carbocycles. The van der Waals surface area contributed by atoms with Gasteiger partial charge in [-0.05, 0) is 30.5 Å². The molecule has 6 heteroatoms. The van der Waals surface area contributed by atoms with Crippen molar-refractivity contribution >= 4 is 5.97 Å². The summed E-state index contributed by atoms with van der Waals surface area (Å²) in [5.41, 5.74) is -2.48. The molecule has 2 rings (SSSR count). The van der Waals surface area contributed by atoms with Gasteiger partial charge in [0.05, 0.1) is 18.1 Å². The highest BCUT2D eigenvalue weighted by Crippen LogP contribution is 2.52. The molecule has 0 aliphatic heterocycles. The Morgan fingerprint density at radius 1 is 1.39 bits per heavy atom. The predicted molar refractivity (Wildman–Crippen MR) is 56.5 cm³/mol. The second-order valence-corrected chi connectivity index (χ2v) is 4.30. The molecule has 0 spiro atoms. The van der Waals surface area contributed by atoms with Crippen molar-refractivity contribution in [3.8, 4) is 5.75 Å². The number of hydrogen-bond acceptors (Lipinski definition) is 2. The average Bonchev–Trinajstić information content (AvgIpc) is 3.08. The largest absolute Gasteiger partial charge is 0.497 e. The number of methoxy groups -OCH3 is 1. The lowest BCUT2D eigenvalue weighted by Crippen LogP contribution is -2.24. The quantitative estimate of drug-likeness (QED) is 0.909. The third kappa shape index (κ3) is 1.91. The summed E-state index contributed by atoms with van der Waals surface area (Å²) in [5, 5.41) is 9.08. The third-order valence-electron chi connectivity index (χ3n) is 3.21. The van der Waals surface area contributed by atoms with Crippen molar-refractivity contribution < 1.29 is 27.8 Å². The van der Waals surface area contributed by atoms with E-state index in [1.807, 2.05) is 0 Å². The molecule has 98 valence electrons. The van der Waals surface area contributed by atoms with E-state index in [9.17, 15) is 18.0 Å². The zero-order chi connectivity index (χ0) is 13.6. The molecule has 0 amide bonds. The van der Waals surface area contributed by atoms with Crippen molar-refractivity contribution in [1.29, 1.82) is 0 Å². The summed E-state index contributed by atoms with van der Waals surface area (Å²) in [6.07, 6.45) is -4.12. The maximum absolute atomic E-state index is 12.9. The van der Waals surface area contributed by atoms with Crippen LogP contribution in [0.1, 0.15) is 24.0 Å². The molecule has 3 nitrogen and oxygen atoms in total. The molecule has 0 atom stereocenters. The first-order valence-corrected chi connectivity index (χ1v) is 5.30. The molecule has 1 aliphatic rings. The van der Waals surface area contributed by atoms with E-state index in [0.29, 0.717) is 0 Å². The molecule has 0 unspecified atom stereocenters. The van der Waals surface area contributed by atoms with E-state index in [-0.39, 0.29) is 24.2 Å². The molecule has 1 aromatic carbocycles. The Labute approximate surface area is 101 Å². The second kappa shape index (κ2) is 3.90. The van der Waals surface area contributed by atoms with Crippen molar-refractivity contribution in [2.24, 2.45) is 0 Å². The smallest absolute Gasteiger partial charge is 0.416 e. The van der Waals surface area contributed by atoms with Crippen LogP contribution in [-0.4, -0.2) is 18.2 Å². The van der Waals surface area contributed by atoms with Crippen LogP contribution in [0.4, 0.5) is 13.2 Å². The summed E-state index contributed by atoms with van der Waals surface area (Å²) in [6, 6.07) is 3.40. The van der Waals surface area contributed by atoms with E-state index in [2.05, 4.69) is 0 Å². The predicted octanol–water partition coefficient (Wildman–Crippen LogP) is 2.83. The van der Waals surface area contributed by atoms with Crippen LogP contribution >= 0.6 is 0 Å². The molecule has 18 heavy (non-hydrogen) atoms. The Bertz CT molecular complexity index is 490. The topological polar surface area (TPSA) is 46.5 Å². The van der Waals surface area contributed by atoms with E-state index in [1.165, 1.54) is 19.2 Å². The number of halogens is 3. The molecule has 0 aromatic heterocycles.